The van der Waals surface area contributed by atoms with E-state index in [0.29, 0.717) is 24.4 Å². The van der Waals surface area contributed by atoms with Crippen LogP contribution < -0.4 is 15.4 Å². The highest BCUT2D eigenvalue weighted by Crippen LogP contribution is 2.25. The van der Waals surface area contributed by atoms with Crippen LogP contribution in [0.4, 0.5) is 5.69 Å². The van der Waals surface area contributed by atoms with E-state index < -0.39 is 0 Å². The fourth-order valence-corrected chi connectivity index (χ4v) is 2.69. The number of hydrogen-bond acceptors (Lipinski definition) is 4. The summed E-state index contributed by atoms with van der Waals surface area (Å²) in [5.41, 5.74) is 1.49. The molecule has 2 N–H and O–H groups in total. The van der Waals surface area contributed by atoms with Crippen LogP contribution in [0, 0.1) is 0 Å². The highest BCUT2D eigenvalue weighted by atomic mass is 32.1. The van der Waals surface area contributed by atoms with Crippen LogP contribution in [-0.2, 0) is 22.6 Å². The summed E-state index contributed by atoms with van der Waals surface area (Å²) in [4.78, 5) is 24.1. The maximum absolute atomic E-state index is 11.9. The molecule has 1 heterocycles. The molecule has 0 saturated carbocycles. The lowest BCUT2D eigenvalue weighted by atomic mass is 10.1. The molecule has 0 atom stereocenters. The molecule has 2 amide bonds. The van der Waals surface area contributed by atoms with Crippen LogP contribution in [0.25, 0.3) is 0 Å². The summed E-state index contributed by atoms with van der Waals surface area (Å²) in [6.45, 7) is 1.84. The molecule has 1 aromatic carbocycles. The average molecular weight is 318 g/mol. The van der Waals surface area contributed by atoms with E-state index in [-0.39, 0.29) is 11.8 Å². The van der Waals surface area contributed by atoms with Gasteiger partial charge in [-0.25, -0.2) is 0 Å². The Labute approximate surface area is 133 Å². The van der Waals surface area contributed by atoms with Gasteiger partial charge in [-0.2, -0.15) is 0 Å². The van der Waals surface area contributed by atoms with Gasteiger partial charge < -0.3 is 15.4 Å². The second kappa shape index (κ2) is 7.61. The Hall–Kier alpha value is -2.34. The van der Waals surface area contributed by atoms with E-state index in [1.165, 1.54) is 6.92 Å². The lowest BCUT2D eigenvalue weighted by molar-refractivity contribution is -0.120. The van der Waals surface area contributed by atoms with Gasteiger partial charge in [-0.1, -0.05) is 12.1 Å². The Morgan fingerprint density at radius 1 is 1.27 bits per heavy atom. The number of ether oxygens (including phenoxy) is 1. The van der Waals surface area contributed by atoms with E-state index in [2.05, 4.69) is 10.6 Å². The summed E-state index contributed by atoms with van der Waals surface area (Å²) in [6.07, 6.45) is 0.381. The van der Waals surface area contributed by atoms with Gasteiger partial charge in [0.2, 0.25) is 11.8 Å². The number of benzene rings is 1. The summed E-state index contributed by atoms with van der Waals surface area (Å²) in [6, 6.07) is 9.29. The Kier molecular flexibility index (Phi) is 5.55. The number of amides is 2. The first-order valence-corrected chi connectivity index (χ1v) is 7.70. The monoisotopic (exact) mass is 318 g/mol. The first kappa shape index (κ1) is 16.0. The van der Waals surface area contributed by atoms with Crippen molar-refractivity contribution in [3.8, 4) is 5.75 Å². The van der Waals surface area contributed by atoms with Crippen LogP contribution in [0.5, 0.6) is 5.75 Å². The van der Waals surface area contributed by atoms with Crippen molar-refractivity contribution >= 4 is 28.8 Å². The molecule has 0 saturated heterocycles. The Balaban J connectivity index is 1.97. The number of methoxy groups -OCH3 is 1. The Morgan fingerprint density at radius 3 is 2.73 bits per heavy atom. The van der Waals surface area contributed by atoms with Crippen molar-refractivity contribution in [1.82, 2.24) is 5.32 Å². The number of thiophene rings is 1. The number of carbonyl (C=O) groups is 2. The molecule has 0 fully saturated rings. The second-order valence-electron chi connectivity index (χ2n) is 4.75. The molecule has 0 spiro atoms. The van der Waals surface area contributed by atoms with Gasteiger partial charge in [0.05, 0.1) is 19.2 Å². The van der Waals surface area contributed by atoms with Gasteiger partial charge in [-0.15, -0.1) is 11.3 Å². The zero-order valence-corrected chi connectivity index (χ0v) is 13.3. The van der Waals surface area contributed by atoms with E-state index in [4.69, 9.17) is 4.74 Å². The van der Waals surface area contributed by atoms with E-state index in [9.17, 15) is 9.59 Å². The third kappa shape index (κ3) is 4.60. The van der Waals surface area contributed by atoms with Gasteiger partial charge in [0.15, 0.2) is 0 Å². The molecule has 0 radical (unpaired) electrons. The molecule has 116 valence electrons. The minimum atomic E-state index is -0.169. The smallest absolute Gasteiger partial charge is 0.225 e. The lowest BCUT2D eigenvalue weighted by Gasteiger charge is -2.11. The van der Waals surface area contributed by atoms with Gasteiger partial charge in [0.25, 0.3) is 0 Å². The summed E-state index contributed by atoms with van der Waals surface area (Å²) >= 11 is 1.56. The SMILES string of the molecule is COc1ccc(CNC(=O)Cc2cccs2)cc1NC(C)=O. The first-order chi connectivity index (χ1) is 10.6. The molecule has 6 heteroatoms. The summed E-state index contributed by atoms with van der Waals surface area (Å²) in [5.74, 6) is 0.389. The zero-order valence-electron chi connectivity index (χ0n) is 12.5. The molecule has 2 aromatic rings. The highest BCUT2D eigenvalue weighted by Gasteiger charge is 2.08. The van der Waals surface area contributed by atoms with Crippen molar-refractivity contribution in [3.05, 3.63) is 46.2 Å². The first-order valence-electron chi connectivity index (χ1n) is 6.82. The minimum Gasteiger partial charge on any atom is -0.495 e. The molecule has 22 heavy (non-hydrogen) atoms. The zero-order chi connectivity index (χ0) is 15.9. The molecular weight excluding hydrogens is 300 g/mol. The molecular formula is C16H18N2O3S. The quantitative estimate of drug-likeness (QED) is 0.860. The van der Waals surface area contributed by atoms with Crippen LogP contribution in [0.2, 0.25) is 0 Å². The normalized spacial score (nSPS) is 10.1. The van der Waals surface area contributed by atoms with Crippen LogP contribution in [0.3, 0.4) is 0 Å². The van der Waals surface area contributed by atoms with E-state index in [1.54, 1.807) is 30.6 Å². The van der Waals surface area contributed by atoms with Gasteiger partial charge >= 0.3 is 0 Å². The van der Waals surface area contributed by atoms with Gasteiger partial charge in [0, 0.05) is 18.3 Å². The van der Waals surface area contributed by atoms with Crippen LogP contribution in [0.1, 0.15) is 17.4 Å². The van der Waals surface area contributed by atoms with Crippen LogP contribution in [0.15, 0.2) is 35.7 Å². The van der Waals surface area contributed by atoms with E-state index >= 15 is 0 Å². The second-order valence-corrected chi connectivity index (χ2v) is 5.78. The molecule has 0 aliphatic carbocycles. The van der Waals surface area contributed by atoms with Crippen molar-refractivity contribution in [2.75, 3.05) is 12.4 Å². The van der Waals surface area contributed by atoms with Gasteiger partial charge in [-0.05, 0) is 29.1 Å². The summed E-state index contributed by atoms with van der Waals surface area (Å²) in [7, 11) is 1.54. The number of anilines is 1. The fraction of sp³-hybridized carbons (Fsp3) is 0.250. The maximum Gasteiger partial charge on any atom is 0.225 e. The molecule has 5 nitrogen and oxygen atoms in total. The van der Waals surface area contributed by atoms with Gasteiger partial charge in [-0.3, -0.25) is 9.59 Å². The van der Waals surface area contributed by atoms with Gasteiger partial charge in [0.1, 0.15) is 5.75 Å². The molecule has 1 aromatic heterocycles. The van der Waals surface area contributed by atoms with Crippen molar-refractivity contribution in [2.24, 2.45) is 0 Å². The molecule has 0 unspecified atom stereocenters. The third-order valence-electron chi connectivity index (χ3n) is 2.98. The standard InChI is InChI=1S/C16H18N2O3S/c1-11(19)18-14-8-12(5-6-15(14)21-2)10-17-16(20)9-13-4-3-7-22-13/h3-8H,9-10H2,1-2H3,(H,17,20)(H,18,19). The number of carbonyl (C=O) groups excluding carboxylic acids is 2. The maximum atomic E-state index is 11.9. The number of hydrogen-bond donors (Lipinski definition) is 2. The Morgan fingerprint density at radius 2 is 2.09 bits per heavy atom. The lowest BCUT2D eigenvalue weighted by Crippen LogP contribution is -2.24. The predicted octanol–water partition coefficient (Wildman–Crippen LogP) is 2.57. The minimum absolute atomic E-state index is 0.0284. The predicted molar refractivity (Wildman–Crippen MR) is 87.2 cm³/mol. The van der Waals surface area contributed by atoms with E-state index in [0.717, 1.165) is 10.4 Å². The number of rotatable bonds is 6. The van der Waals surface area contributed by atoms with Crippen molar-refractivity contribution in [2.45, 2.75) is 19.9 Å². The third-order valence-corrected chi connectivity index (χ3v) is 3.86. The topological polar surface area (TPSA) is 67.4 Å². The summed E-state index contributed by atoms with van der Waals surface area (Å²) in [5, 5.41) is 7.53. The number of nitrogens with one attached hydrogen (secondary N) is 2. The fourth-order valence-electron chi connectivity index (χ4n) is 1.99. The van der Waals surface area contributed by atoms with Crippen LogP contribution in [-0.4, -0.2) is 18.9 Å². The Bertz CT molecular complexity index is 653. The molecule has 0 aliphatic rings. The highest BCUT2D eigenvalue weighted by molar-refractivity contribution is 7.10. The molecule has 2 rings (SSSR count). The largest absolute Gasteiger partial charge is 0.495 e. The summed E-state index contributed by atoms with van der Waals surface area (Å²) < 4.78 is 5.20. The average Bonchev–Trinajstić information content (AvgIpc) is 2.97. The van der Waals surface area contributed by atoms with Crippen molar-refractivity contribution < 1.29 is 14.3 Å². The van der Waals surface area contributed by atoms with Crippen LogP contribution >= 0.6 is 11.3 Å². The van der Waals surface area contributed by atoms with E-state index in [1.807, 2.05) is 23.6 Å². The molecule has 0 aliphatic heterocycles. The van der Waals surface area contributed by atoms with Crippen molar-refractivity contribution in [3.63, 3.8) is 0 Å². The molecule has 0 bridgehead atoms. The van der Waals surface area contributed by atoms with Crippen molar-refractivity contribution in [1.29, 1.82) is 0 Å².